The molecule has 1 unspecified atom stereocenters. The summed E-state index contributed by atoms with van der Waals surface area (Å²) in [5.74, 6) is 5.68. The Hall–Kier alpha value is -2.42. The van der Waals surface area contributed by atoms with Crippen LogP contribution >= 0.6 is 0 Å². The van der Waals surface area contributed by atoms with Gasteiger partial charge < -0.3 is 16.1 Å². The number of rotatable bonds is 7. The highest BCUT2D eigenvalue weighted by atomic mass is 16.6. The zero-order valence-corrected chi connectivity index (χ0v) is 12.2. The van der Waals surface area contributed by atoms with Gasteiger partial charge in [0.1, 0.15) is 17.7 Å². The summed E-state index contributed by atoms with van der Waals surface area (Å²) in [4.78, 5) is 26.1. The van der Waals surface area contributed by atoms with Gasteiger partial charge in [-0.1, -0.05) is 13.8 Å². The molecule has 0 aliphatic carbocycles. The minimum Gasteiger partial charge on any atom is -0.358 e. The predicted octanol–water partition coefficient (Wildman–Crippen LogP) is 0.848. The standard InChI is InChI=1S/C12H20N6O3/c1-7(2)6-14-12(19)8(3)15-10-4-9(18(20)21)5-11(16-10)17-13/h4-5,7-8H,6,13H2,1-3H3,(H,14,19)(H2,15,16,17). The number of nitrogens with two attached hydrogens (primary N) is 1. The molecule has 0 fully saturated rings. The molecule has 0 aliphatic heterocycles. The van der Waals surface area contributed by atoms with Crippen molar-refractivity contribution in [3.8, 4) is 0 Å². The van der Waals surface area contributed by atoms with Crippen LogP contribution in [0, 0.1) is 16.0 Å². The lowest BCUT2D eigenvalue weighted by Gasteiger charge is -2.16. The van der Waals surface area contributed by atoms with E-state index in [9.17, 15) is 14.9 Å². The lowest BCUT2D eigenvalue weighted by atomic mass is 10.2. The molecule has 0 saturated heterocycles. The highest BCUT2D eigenvalue weighted by Crippen LogP contribution is 2.20. The molecule has 0 bridgehead atoms. The monoisotopic (exact) mass is 296 g/mol. The van der Waals surface area contributed by atoms with E-state index in [1.54, 1.807) is 6.92 Å². The van der Waals surface area contributed by atoms with Gasteiger partial charge in [-0.3, -0.25) is 14.9 Å². The molecule has 116 valence electrons. The molecule has 0 radical (unpaired) electrons. The number of nitrogens with zero attached hydrogens (tertiary/aromatic N) is 2. The number of aromatic nitrogens is 1. The van der Waals surface area contributed by atoms with E-state index in [0.29, 0.717) is 12.5 Å². The summed E-state index contributed by atoms with van der Waals surface area (Å²) >= 11 is 0. The highest BCUT2D eigenvalue weighted by Gasteiger charge is 2.16. The van der Waals surface area contributed by atoms with Crippen molar-refractivity contribution in [3.05, 3.63) is 22.2 Å². The fraction of sp³-hybridized carbons (Fsp3) is 0.500. The molecule has 5 N–H and O–H groups in total. The number of hydrazine groups is 1. The van der Waals surface area contributed by atoms with Crippen LogP contribution in [0.2, 0.25) is 0 Å². The molecule has 9 nitrogen and oxygen atoms in total. The number of carbonyl (C=O) groups excluding carboxylic acids is 1. The van der Waals surface area contributed by atoms with Crippen molar-refractivity contribution in [1.82, 2.24) is 10.3 Å². The number of nitro groups is 1. The highest BCUT2D eigenvalue weighted by molar-refractivity contribution is 5.84. The van der Waals surface area contributed by atoms with Crippen LogP contribution < -0.4 is 21.9 Å². The zero-order valence-electron chi connectivity index (χ0n) is 12.2. The van der Waals surface area contributed by atoms with Gasteiger partial charge in [0, 0.05) is 6.54 Å². The molecule has 1 rings (SSSR count). The van der Waals surface area contributed by atoms with E-state index in [1.807, 2.05) is 13.8 Å². The van der Waals surface area contributed by atoms with Crippen molar-refractivity contribution < 1.29 is 9.72 Å². The van der Waals surface area contributed by atoms with Gasteiger partial charge in [0.15, 0.2) is 0 Å². The van der Waals surface area contributed by atoms with Crippen molar-refractivity contribution in [2.75, 3.05) is 17.3 Å². The second kappa shape index (κ2) is 7.39. The van der Waals surface area contributed by atoms with Crippen LogP contribution in [-0.2, 0) is 4.79 Å². The first-order valence-corrected chi connectivity index (χ1v) is 6.50. The van der Waals surface area contributed by atoms with Gasteiger partial charge in [-0.2, -0.15) is 0 Å². The SMILES string of the molecule is CC(C)CNC(=O)C(C)Nc1cc([N+](=O)[O-])cc(NN)n1. The van der Waals surface area contributed by atoms with Crippen molar-refractivity contribution in [2.45, 2.75) is 26.8 Å². The van der Waals surface area contributed by atoms with Gasteiger partial charge in [0.05, 0.1) is 17.1 Å². The number of amides is 1. The molecule has 0 aliphatic rings. The number of nitrogens with one attached hydrogen (secondary N) is 3. The molecule has 1 amide bonds. The normalized spacial score (nSPS) is 11.9. The maximum atomic E-state index is 11.8. The first-order chi connectivity index (χ1) is 9.83. The van der Waals surface area contributed by atoms with Gasteiger partial charge in [0.25, 0.3) is 5.69 Å². The summed E-state index contributed by atoms with van der Waals surface area (Å²) in [6.07, 6.45) is 0. The number of hydrogen-bond donors (Lipinski definition) is 4. The van der Waals surface area contributed by atoms with E-state index < -0.39 is 11.0 Å². The number of anilines is 2. The van der Waals surface area contributed by atoms with Gasteiger partial charge in [-0.25, -0.2) is 10.8 Å². The summed E-state index contributed by atoms with van der Waals surface area (Å²) in [7, 11) is 0. The Morgan fingerprint density at radius 2 is 2.00 bits per heavy atom. The second-order valence-electron chi connectivity index (χ2n) is 5.00. The van der Waals surface area contributed by atoms with Gasteiger partial charge in [-0.15, -0.1) is 0 Å². The van der Waals surface area contributed by atoms with Crippen LogP contribution in [0.3, 0.4) is 0 Å². The number of nitrogen functional groups attached to an aromatic ring is 1. The summed E-state index contributed by atoms with van der Waals surface area (Å²) in [6, 6.07) is 1.87. The first kappa shape index (κ1) is 16.6. The Balaban J connectivity index is 2.79. The van der Waals surface area contributed by atoms with Crippen molar-refractivity contribution >= 4 is 23.2 Å². The van der Waals surface area contributed by atoms with Crippen LogP contribution in [0.1, 0.15) is 20.8 Å². The molecule has 9 heteroatoms. The largest absolute Gasteiger partial charge is 0.358 e. The Labute approximate surface area is 122 Å². The van der Waals surface area contributed by atoms with Gasteiger partial charge in [0.2, 0.25) is 5.91 Å². The predicted molar refractivity (Wildman–Crippen MR) is 79.6 cm³/mol. The van der Waals surface area contributed by atoms with Crippen molar-refractivity contribution in [2.24, 2.45) is 11.8 Å². The third-order valence-electron chi connectivity index (χ3n) is 2.61. The lowest BCUT2D eigenvalue weighted by Crippen LogP contribution is -2.39. The molecule has 0 aromatic carbocycles. The van der Waals surface area contributed by atoms with E-state index >= 15 is 0 Å². The van der Waals surface area contributed by atoms with Gasteiger partial charge >= 0.3 is 0 Å². The summed E-state index contributed by atoms with van der Waals surface area (Å²) in [5, 5.41) is 16.4. The average molecular weight is 296 g/mol. The Morgan fingerprint density at radius 3 is 2.52 bits per heavy atom. The fourth-order valence-corrected chi connectivity index (χ4v) is 1.51. The van der Waals surface area contributed by atoms with Crippen LogP contribution in [0.15, 0.2) is 12.1 Å². The Morgan fingerprint density at radius 1 is 1.38 bits per heavy atom. The minimum absolute atomic E-state index is 0.140. The molecule has 1 atom stereocenters. The number of hydrogen-bond acceptors (Lipinski definition) is 7. The molecule has 1 aromatic rings. The lowest BCUT2D eigenvalue weighted by molar-refractivity contribution is -0.384. The fourth-order valence-electron chi connectivity index (χ4n) is 1.51. The second-order valence-corrected chi connectivity index (χ2v) is 5.00. The Kier molecular flexibility index (Phi) is 5.85. The maximum Gasteiger partial charge on any atom is 0.276 e. The minimum atomic E-state index is -0.580. The van der Waals surface area contributed by atoms with Crippen LogP contribution in [0.5, 0.6) is 0 Å². The zero-order chi connectivity index (χ0) is 16.0. The van der Waals surface area contributed by atoms with E-state index in [0.717, 1.165) is 0 Å². The summed E-state index contributed by atoms with van der Waals surface area (Å²) < 4.78 is 0. The smallest absolute Gasteiger partial charge is 0.276 e. The van der Waals surface area contributed by atoms with Crippen molar-refractivity contribution in [3.63, 3.8) is 0 Å². The maximum absolute atomic E-state index is 11.8. The number of pyridine rings is 1. The average Bonchev–Trinajstić information content (AvgIpc) is 2.43. The third-order valence-corrected chi connectivity index (χ3v) is 2.61. The third kappa shape index (κ3) is 5.22. The summed E-state index contributed by atoms with van der Waals surface area (Å²) in [6.45, 7) is 6.17. The molecule has 0 spiro atoms. The molecule has 21 heavy (non-hydrogen) atoms. The molecular formula is C12H20N6O3. The molecule has 1 heterocycles. The molecule has 1 aromatic heterocycles. The van der Waals surface area contributed by atoms with Gasteiger partial charge in [-0.05, 0) is 12.8 Å². The van der Waals surface area contributed by atoms with E-state index in [-0.39, 0.29) is 23.2 Å². The van der Waals surface area contributed by atoms with Crippen LogP contribution in [-0.4, -0.2) is 28.4 Å². The topological polar surface area (TPSA) is 135 Å². The summed E-state index contributed by atoms with van der Waals surface area (Å²) in [5.41, 5.74) is 2.08. The van der Waals surface area contributed by atoms with Crippen LogP contribution in [0.25, 0.3) is 0 Å². The van der Waals surface area contributed by atoms with E-state index in [1.165, 1.54) is 12.1 Å². The van der Waals surface area contributed by atoms with Crippen molar-refractivity contribution in [1.29, 1.82) is 0 Å². The molecular weight excluding hydrogens is 276 g/mol. The number of carbonyl (C=O) groups is 1. The Bertz CT molecular complexity index is 520. The molecule has 0 saturated carbocycles. The van der Waals surface area contributed by atoms with E-state index in [2.05, 4.69) is 21.0 Å². The first-order valence-electron chi connectivity index (χ1n) is 6.50. The quantitative estimate of drug-likeness (QED) is 0.332. The van der Waals surface area contributed by atoms with Crippen LogP contribution in [0.4, 0.5) is 17.3 Å². The van der Waals surface area contributed by atoms with E-state index in [4.69, 9.17) is 5.84 Å².